The molecule has 2 N–H and O–H groups in total. The van der Waals surface area contributed by atoms with Crippen LogP contribution in [0.25, 0.3) is 11.0 Å². The molecular weight excluding hydrogens is 268 g/mol. The van der Waals surface area contributed by atoms with Crippen LogP contribution >= 0.6 is 11.3 Å². The first kappa shape index (κ1) is 13.1. The number of fused-ring (bicyclic) bond motifs is 1. The summed E-state index contributed by atoms with van der Waals surface area (Å²) in [5, 5.41) is 2.63. The number of hydrogen-bond donors (Lipinski definition) is 1. The van der Waals surface area contributed by atoms with Gasteiger partial charge in [0.15, 0.2) is 5.13 Å². The van der Waals surface area contributed by atoms with Gasteiger partial charge < -0.3 is 10.3 Å². The maximum atomic E-state index is 5.70. The number of thiazole rings is 1. The summed E-state index contributed by atoms with van der Waals surface area (Å²) in [6, 6.07) is 6.44. The smallest absolute Gasteiger partial charge is 0.180 e. The van der Waals surface area contributed by atoms with Crippen LogP contribution < -0.4 is 5.73 Å². The number of nitrogen functional groups attached to an aromatic ring is 1. The van der Waals surface area contributed by atoms with Crippen LogP contribution in [0.1, 0.15) is 30.4 Å². The molecule has 0 unspecified atom stereocenters. The Morgan fingerprint density at radius 3 is 2.85 bits per heavy atom. The zero-order valence-electron chi connectivity index (χ0n) is 11.8. The Morgan fingerprint density at radius 1 is 1.30 bits per heavy atom. The Morgan fingerprint density at radius 2 is 2.15 bits per heavy atom. The van der Waals surface area contributed by atoms with E-state index in [1.807, 2.05) is 5.38 Å². The van der Waals surface area contributed by atoms with E-state index < -0.39 is 0 Å². The molecule has 0 saturated heterocycles. The van der Waals surface area contributed by atoms with Gasteiger partial charge in [0, 0.05) is 18.3 Å². The van der Waals surface area contributed by atoms with Gasteiger partial charge in [0.05, 0.1) is 16.7 Å². The summed E-state index contributed by atoms with van der Waals surface area (Å²) in [6.45, 7) is 5.26. The van der Waals surface area contributed by atoms with Crippen LogP contribution in [0.15, 0.2) is 23.6 Å². The van der Waals surface area contributed by atoms with Crippen molar-refractivity contribution in [2.75, 3.05) is 5.73 Å². The Kier molecular flexibility index (Phi) is 3.44. The number of nitrogens with two attached hydrogens (primary N) is 1. The van der Waals surface area contributed by atoms with E-state index in [2.05, 4.69) is 41.6 Å². The fourth-order valence-corrected chi connectivity index (χ4v) is 3.03. The number of benzene rings is 1. The summed E-state index contributed by atoms with van der Waals surface area (Å²) in [6.07, 6.45) is 1.83. The van der Waals surface area contributed by atoms with Gasteiger partial charge in [0.1, 0.15) is 5.82 Å². The van der Waals surface area contributed by atoms with Crippen LogP contribution in [0.5, 0.6) is 0 Å². The number of nitrogens with zero attached hydrogens (tertiary/aromatic N) is 3. The Labute approximate surface area is 122 Å². The topological polar surface area (TPSA) is 56.7 Å². The predicted molar refractivity (Wildman–Crippen MR) is 84.1 cm³/mol. The molecule has 0 amide bonds. The fourth-order valence-electron chi connectivity index (χ4n) is 2.46. The first-order valence-corrected chi connectivity index (χ1v) is 7.71. The van der Waals surface area contributed by atoms with Gasteiger partial charge in [-0.25, -0.2) is 9.97 Å². The summed E-state index contributed by atoms with van der Waals surface area (Å²) >= 11 is 1.48. The average molecular weight is 286 g/mol. The molecular formula is C15H18N4S. The molecule has 0 aliphatic carbocycles. The van der Waals surface area contributed by atoms with Gasteiger partial charge in [0.2, 0.25) is 0 Å². The maximum Gasteiger partial charge on any atom is 0.180 e. The van der Waals surface area contributed by atoms with E-state index in [9.17, 15) is 0 Å². The molecule has 0 atom stereocenters. The molecule has 20 heavy (non-hydrogen) atoms. The number of aromatic nitrogens is 3. The number of hydrogen-bond acceptors (Lipinski definition) is 4. The predicted octanol–water partition coefficient (Wildman–Crippen LogP) is 3.38. The van der Waals surface area contributed by atoms with Crippen molar-refractivity contribution in [2.24, 2.45) is 0 Å². The number of aryl methyl sites for hydroxylation is 2. The summed E-state index contributed by atoms with van der Waals surface area (Å²) in [5.41, 5.74) is 10.2. The Bertz CT molecular complexity index is 741. The highest BCUT2D eigenvalue weighted by atomic mass is 32.1. The van der Waals surface area contributed by atoms with E-state index in [1.54, 1.807) is 0 Å². The van der Waals surface area contributed by atoms with Gasteiger partial charge in [-0.2, -0.15) is 0 Å². The minimum Gasteiger partial charge on any atom is -0.375 e. The van der Waals surface area contributed by atoms with E-state index >= 15 is 0 Å². The quantitative estimate of drug-likeness (QED) is 0.800. The molecule has 1 aromatic carbocycles. The second-order valence-electron chi connectivity index (χ2n) is 5.03. The zero-order valence-corrected chi connectivity index (χ0v) is 12.6. The second-order valence-corrected chi connectivity index (χ2v) is 5.92. The lowest BCUT2D eigenvalue weighted by atomic mass is 10.2. The van der Waals surface area contributed by atoms with Crippen LogP contribution in [0, 0.1) is 6.92 Å². The van der Waals surface area contributed by atoms with Crippen LogP contribution in [-0.2, 0) is 13.0 Å². The van der Waals surface area contributed by atoms with Gasteiger partial charge in [-0.3, -0.25) is 0 Å². The third kappa shape index (κ3) is 2.41. The normalized spacial score (nSPS) is 11.3. The minimum absolute atomic E-state index is 0.619. The van der Waals surface area contributed by atoms with Gasteiger partial charge in [-0.1, -0.05) is 13.0 Å². The van der Waals surface area contributed by atoms with Crippen LogP contribution in [0.3, 0.4) is 0 Å². The molecule has 0 saturated carbocycles. The number of imidazole rings is 1. The van der Waals surface area contributed by atoms with Crippen molar-refractivity contribution < 1.29 is 0 Å². The van der Waals surface area contributed by atoms with Gasteiger partial charge in [0.25, 0.3) is 0 Å². The molecule has 3 aromatic rings. The summed E-state index contributed by atoms with van der Waals surface area (Å²) in [5.74, 6) is 1.07. The Balaban J connectivity index is 2.06. The van der Waals surface area contributed by atoms with Crippen molar-refractivity contribution >= 4 is 27.5 Å². The van der Waals surface area contributed by atoms with E-state index in [0.29, 0.717) is 5.13 Å². The molecule has 3 rings (SSSR count). The van der Waals surface area contributed by atoms with E-state index in [-0.39, 0.29) is 0 Å². The first-order chi connectivity index (χ1) is 9.67. The third-order valence-electron chi connectivity index (χ3n) is 3.34. The molecule has 0 bridgehead atoms. The second kappa shape index (κ2) is 5.25. The number of rotatable bonds is 4. The van der Waals surface area contributed by atoms with Crippen molar-refractivity contribution in [1.82, 2.24) is 14.5 Å². The van der Waals surface area contributed by atoms with Crippen molar-refractivity contribution in [3.05, 3.63) is 40.7 Å². The highest BCUT2D eigenvalue weighted by Crippen LogP contribution is 2.21. The van der Waals surface area contributed by atoms with E-state index in [0.717, 1.165) is 36.4 Å². The molecule has 2 heterocycles. The number of anilines is 1. The minimum atomic E-state index is 0.619. The molecule has 0 fully saturated rings. The van der Waals surface area contributed by atoms with Crippen molar-refractivity contribution in [3.8, 4) is 0 Å². The lowest BCUT2D eigenvalue weighted by molar-refractivity contribution is 0.662. The molecule has 0 spiro atoms. The first-order valence-electron chi connectivity index (χ1n) is 6.83. The van der Waals surface area contributed by atoms with Crippen molar-refractivity contribution in [3.63, 3.8) is 0 Å². The zero-order chi connectivity index (χ0) is 14.1. The third-order valence-corrected chi connectivity index (χ3v) is 4.06. The standard InChI is InChI=1S/C15H18N4S/c1-3-6-19-13-5-4-10(2)7-12(13)18-14(19)8-11-9-20-15(16)17-11/h4-5,7,9H,3,6,8H2,1-2H3,(H2,16,17). The summed E-state index contributed by atoms with van der Waals surface area (Å²) in [7, 11) is 0. The molecule has 104 valence electrons. The van der Waals surface area contributed by atoms with Crippen LogP contribution in [0.4, 0.5) is 5.13 Å². The van der Waals surface area contributed by atoms with Gasteiger partial charge >= 0.3 is 0 Å². The molecule has 0 aliphatic heterocycles. The molecule has 0 aliphatic rings. The highest BCUT2D eigenvalue weighted by Gasteiger charge is 2.12. The summed E-state index contributed by atoms with van der Waals surface area (Å²) < 4.78 is 2.30. The van der Waals surface area contributed by atoms with Crippen molar-refractivity contribution in [2.45, 2.75) is 33.2 Å². The van der Waals surface area contributed by atoms with Gasteiger partial charge in [-0.05, 0) is 31.0 Å². The molecule has 0 radical (unpaired) electrons. The lowest BCUT2D eigenvalue weighted by Crippen LogP contribution is -2.04. The van der Waals surface area contributed by atoms with E-state index in [4.69, 9.17) is 10.7 Å². The van der Waals surface area contributed by atoms with Crippen LogP contribution in [0.2, 0.25) is 0 Å². The molecule has 2 aromatic heterocycles. The monoisotopic (exact) mass is 286 g/mol. The van der Waals surface area contributed by atoms with Gasteiger partial charge in [-0.15, -0.1) is 11.3 Å². The lowest BCUT2D eigenvalue weighted by Gasteiger charge is -2.06. The SMILES string of the molecule is CCCn1c(Cc2csc(N)n2)nc2cc(C)ccc21. The maximum absolute atomic E-state index is 5.70. The van der Waals surface area contributed by atoms with Crippen molar-refractivity contribution in [1.29, 1.82) is 0 Å². The average Bonchev–Trinajstić information content (AvgIpc) is 2.95. The fraction of sp³-hybridized carbons (Fsp3) is 0.333. The van der Waals surface area contributed by atoms with E-state index in [1.165, 1.54) is 22.4 Å². The van der Waals surface area contributed by atoms with Crippen LogP contribution in [-0.4, -0.2) is 14.5 Å². The highest BCUT2D eigenvalue weighted by molar-refractivity contribution is 7.13. The Hall–Kier alpha value is -1.88. The largest absolute Gasteiger partial charge is 0.375 e. The molecule has 4 nitrogen and oxygen atoms in total. The summed E-state index contributed by atoms with van der Waals surface area (Å²) in [4.78, 5) is 9.12. The molecule has 5 heteroatoms.